The van der Waals surface area contributed by atoms with E-state index in [0.717, 1.165) is 83.5 Å². The molecule has 8 aromatic carbocycles. The van der Waals surface area contributed by atoms with Crippen LogP contribution < -0.4 is 18.9 Å². The summed E-state index contributed by atoms with van der Waals surface area (Å²) in [4.78, 5) is 15.7. The van der Waals surface area contributed by atoms with Crippen LogP contribution in [0.3, 0.4) is 0 Å². The van der Waals surface area contributed by atoms with Crippen molar-refractivity contribution < 1.29 is 127 Å². The molecule has 0 spiro atoms. The zero-order valence-corrected chi connectivity index (χ0v) is 60.2. The first-order valence-electron chi connectivity index (χ1n) is 27.5. The van der Waals surface area contributed by atoms with Crippen LogP contribution in [0.5, 0.6) is 23.0 Å². The fraction of sp³-hybridized carbons (Fsp3) is 0.279. The fourth-order valence-electron chi connectivity index (χ4n) is 9.20. The molecule has 0 aliphatic carbocycles. The Balaban J connectivity index is 0.000000300. The van der Waals surface area contributed by atoms with Crippen LogP contribution >= 0.6 is 46.4 Å². The molecule has 3 N–H and O–H groups in total. The normalized spacial score (nSPS) is 11.7. The van der Waals surface area contributed by atoms with Gasteiger partial charge in [0.05, 0.1) is 5.56 Å². The van der Waals surface area contributed by atoms with E-state index in [1.54, 1.807) is 12.1 Å². The van der Waals surface area contributed by atoms with E-state index >= 15 is 0 Å². The topological polar surface area (TPSA) is 121 Å². The number of carbonyl (C=O) groups is 1. The number of rotatable bonds is 29. The second kappa shape index (κ2) is 37.9. The van der Waals surface area contributed by atoms with Crippen molar-refractivity contribution >= 4 is 52.4 Å². The van der Waals surface area contributed by atoms with Gasteiger partial charge in [-0.05, 0) is 202 Å². The second-order valence-electron chi connectivity index (χ2n) is 20.5. The Kier molecular flexibility index (Phi) is 32.1. The molecule has 0 saturated heterocycles. The number of hydrogen-bond donors (Lipinski definition) is 3. The number of benzene rings is 8. The Hall–Kier alpha value is -3.69. The van der Waals surface area contributed by atoms with E-state index < -0.39 is 18.2 Å². The maximum atomic E-state index is 10.9. The molecule has 436 valence electrons. The molecule has 0 aliphatic rings. The van der Waals surface area contributed by atoms with E-state index in [2.05, 4.69) is 84.6 Å². The third-order valence-corrected chi connectivity index (χ3v) is 14.8. The molecule has 8 aromatic rings. The maximum Gasteiger partial charge on any atom is 0.335 e. The minimum absolute atomic E-state index is 0. The Labute approximate surface area is 587 Å². The van der Waals surface area contributed by atoms with Gasteiger partial charge in [-0.15, -0.1) is 0 Å². The molecule has 2 radical (unpaired) electrons. The Morgan fingerprint density at radius 3 is 0.952 bits per heavy atom. The number of aliphatic hydroxyl groups excluding tert-OH is 2. The standard InChI is InChI=1S/C34H35Cl2NO5.C34H37Cl2NO3.2Ac/c1-37(21-33(25-6-12-28(35)13-7-25)26-8-14-29(36)15-9-26)20-2-3-24-4-16-31(17-5-24)41-22-30(38)23-42-32-18-10-27(11-19-32)34(39)40;1-25-5-17-32(18-6-25)39-23-31(38)24-40-33-19-7-26(8-20-33)4-3-21-37(2)22-34(27-9-13-29(35)14-10-27)28-11-15-30(36)16-12-28;;/h4-19,30,33,38H,2-3,20-23H2,1H3,(H,39,40);5-20,31,34,38H,3-4,21-24H2,1-2H3;;. The van der Waals surface area contributed by atoms with Crippen molar-refractivity contribution in [3.8, 4) is 23.0 Å². The van der Waals surface area contributed by atoms with Crippen LogP contribution in [-0.4, -0.2) is 110 Å². The number of aromatic carboxylic acids is 1. The van der Waals surface area contributed by atoms with Crippen molar-refractivity contribution in [1.29, 1.82) is 0 Å². The molecule has 16 heteroatoms. The number of ether oxygens (including phenoxy) is 4. The van der Waals surface area contributed by atoms with Crippen LogP contribution in [0.4, 0.5) is 0 Å². The molecule has 0 aliphatic heterocycles. The van der Waals surface area contributed by atoms with Gasteiger partial charge in [0.15, 0.2) is 0 Å². The number of aryl methyl sites for hydroxylation is 3. The van der Waals surface area contributed by atoms with Crippen molar-refractivity contribution in [3.63, 3.8) is 0 Å². The first-order valence-corrected chi connectivity index (χ1v) is 29.0. The molecule has 0 fully saturated rings. The van der Waals surface area contributed by atoms with E-state index in [4.69, 9.17) is 70.5 Å². The Morgan fingerprint density at radius 2 is 0.679 bits per heavy atom. The van der Waals surface area contributed by atoms with Crippen LogP contribution in [0.2, 0.25) is 20.1 Å². The number of likely N-dealkylation sites (N-methyl/N-ethyl adjacent to an activating group) is 2. The molecule has 2 atom stereocenters. The fourth-order valence-corrected chi connectivity index (χ4v) is 9.70. The third-order valence-electron chi connectivity index (χ3n) is 13.8. The molecule has 0 saturated carbocycles. The summed E-state index contributed by atoms with van der Waals surface area (Å²) < 4.78 is 22.6. The molecule has 0 bridgehead atoms. The van der Waals surface area contributed by atoms with Crippen LogP contribution in [-0.2, 0) is 12.8 Å². The molecule has 10 nitrogen and oxygen atoms in total. The van der Waals surface area contributed by atoms with E-state index in [1.807, 2.05) is 116 Å². The minimum atomic E-state index is -0.998. The van der Waals surface area contributed by atoms with Gasteiger partial charge in [0.25, 0.3) is 0 Å². The first kappa shape index (κ1) is 71.1. The van der Waals surface area contributed by atoms with Crippen LogP contribution in [0.15, 0.2) is 194 Å². The van der Waals surface area contributed by atoms with Crippen molar-refractivity contribution in [2.45, 2.75) is 56.7 Å². The van der Waals surface area contributed by atoms with Crippen molar-refractivity contribution in [3.05, 3.63) is 259 Å². The van der Waals surface area contributed by atoms with Crippen LogP contribution in [0.25, 0.3) is 0 Å². The molecular formula is C68H72Ac2Cl4N2O8. The summed E-state index contributed by atoms with van der Waals surface area (Å²) in [6, 6.07) is 62.2. The summed E-state index contributed by atoms with van der Waals surface area (Å²) in [6.45, 7) is 6.20. The predicted octanol–water partition coefficient (Wildman–Crippen LogP) is 15.0. The van der Waals surface area contributed by atoms with Crippen molar-refractivity contribution in [2.24, 2.45) is 0 Å². The zero-order valence-electron chi connectivity index (χ0n) is 47.7. The quantitative estimate of drug-likeness (QED) is 0.0418. The first-order chi connectivity index (χ1) is 39.6. The molecule has 8 rings (SSSR count). The number of hydrogen-bond acceptors (Lipinski definition) is 9. The maximum absolute atomic E-state index is 10.9. The molecule has 2 unspecified atom stereocenters. The van der Waals surface area contributed by atoms with E-state index in [9.17, 15) is 15.0 Å². The van der Waals surface area contributed by atoms with E-state index in [0.29, 0.717) is 11.5 Å². The Bertz CT molecular complexity index is 3040. The van der Waals surface area contributed by atoms with Crippen LogP contribution in [0.1, 0.15) is 74.0 Å². The summed E-state index contributed by atoms with van der Waals surface area (Å²) in [5.74, 6) is 2.08. The molecule has 0 amide bonds. The number of halogens is 4. The summed E-state index contributed by atoms with van der Waals surface area (Å²) in [6.07, 6.45) is 2.43. The number of aliphatic hydroxyl groups is 2. The number of carboxylic acid groups (broad SMARTS) is 1. The zero-order chi connectivity index (χ0) is 58.2. The summed E-state index contributed by atoms with van der Waals surface area (Å²) in [7, 11) is 4.32. The second-order valence-corrected chi connectivity index (χ2v) is 22.3. The van der Waals surface area contributed by atoms with Gasteiger partial charge in [0.2, 0.25) is 0 Å². The average molecular weight is 1640 g/mol. The van der Waals surface area contributed by atoms with E-state index in [-0.39, 0.29) is 132 Å². The summed E-state index contributed by atoms with van der Waals surface area (Å²) in [5, 5.41) is 32.3. The third kappa shape index (κ3) is 25.2. The summed E-state index contributed by atoms with van der Waals surface area (Å²) in [5.41, 5.74) is 8.74. The predicted molar refractivity (Wildman–Crippen MR) is 333 cm³/mol. The van der Waals surface area contributed by atoms with Gasteiger partial charge < -0.3 is 44.1 Å². The van der Waals surface area contributed by atoms with Crippen LogP contribution in [0, 0.1) is 95.0 Å². The largest absolute Gasteiger partial charge is 0.491 e. The molecule has 84 heavy (non-hydrogen) atoms. The monoisotopic (exact) mass is 1640 g/mol. The minimum Gasteiger partial charge on any atom is -0.491 e. The van der Waals surface area contributed by atoms with Gasteiger partial charge in [-0.25, -0.2) is 4.79 Å². The van der Waals surface area contributed by atoms with Gasteiger partial charge in [-0.3, -0.25) is 0 Å². The van der Waals surface area contributed by atoms with E-state index in [1.165, 1.54) is 51.1 Å². The number of nitrogens with zero attached hydrogens (tertiary/aromatic N) is 2. The van der Waals surface area contributed by atoms with Gasteiger partial charge in [0, 0.05) is 133 Å². The average Bonchev–Trinajstić information content (AvgIpc) is 3.67. The summed E-state index contributed by atoms with van der Waals surface area (Å²) >= 11 is 24.6. The van der Waals surface area contributed by atoms with Gasteiger partial charge in [0.1, 0.15) is 61.6 Å². The molecule has 0 heterocycles. The SMILES string of the molecule is CN(CCCc1ccc(OCC(O)COc2ccc(C(=O)O)cc2)cc1)CC(c1ccc(Cl)cc1)c1ccc(Cl)cc1.Cc1ccc(OCC(O)COc2ccc(CCCN(C)CC(c3ccc(Cl)cc3)c3ccc(Cl)cc3)cc2)cc1.[Ac].[Ac]. The van der Waals surface area contributed by atoms with Gasteiger partial charge >= 0.3 is 5.97 Å². The molecular weight excluding hydrogens is 1570 g/mol. The van der Waals surface area contributed by atoms with Gasteiger partial charge in [-0.2, -0.15) is 0 Å². The Morgan fingerprint density at radius 1 is 0.417 bits per heavy atom. The number of carboxylic acids is 1. The molecule has 0 aromatic heterocycles. The van der Waals surface area contributed by atoms with Crippen molar-refractivity contribution in [1.82, 2.24) is 9.80 Å². The smallest absolute Gasteiger partial charge is 0.335 e. The van der Waals surface area contributed by atoms with Crippen molar-refractivity contribution in [2.75, 3.05) is 66.7 Å². The van der Waals surface area contributed by atoms with Gasteiger partial charge in [-0.1, -0.05) is 137 Å².